The summed E-state index contributed by atoms with van der Waals surface area (Å²) in [4.78, 5) is 17.4. The van der Waals surface area contributed by atoms with Gasteiger partial charge < -0.3 is 14.9 Å². The maximum atomic E-state index is 14.3. The van der Waals surface area contributed by atoms with Gasteiger partial charge in [-0.2, -0.15) is 0 Å². The molecule has 1 aromatic carbocycles. The van der Waals surface area contributed by atoms with Crippen LogP contribution in [-0.4, -0.2) is 59.6 Å². The van der Waals surface area contributed by atoms with Gasteiger partial charge in [0, 0.05) is 17.7 Å². The van der Waals surface area contributed by atoms with Crippen molar-refractivity contribution >= 4 is 17.6 Å². The summed E-state index contributed by atoms with van der Waals surface area (Å²) in [5.41, 5.74) is 0.711. The normalized spacial score (nSPS) is 11.7. The Kier molecular flexibility index (Phi) is 7.91. The van der Waals surface area contributed by atoms with Crippen molar-refractivity contribution in [1.82, 2.24) is 9.88 Å². The van der Waals surface area contributed by atoms with Crippen LogP contribution in [0.25, 0.3) is 11.3 Å². The molecule has 0 saturated carbocycles. The van der Waals surface area contributed by atoms with Crippen LogP contribution < -0.4 is 0 Å². The number of carbonyl (C=O) groups is 1. The average molecular weight is 407 g/mol. The predicted octanol–water partition coefficient (Wildman–Crippen LogP) is 2.31. The van der Waals surface area contributed by atoms with Crippen LogP contribution in [0.3, 0.4) is 0 Å². The van der Waals surface area contributed by atoms with E-state index in [4.69, 9.17) is 16.7 Å². The molecule has 0 spiro atoms. The third-order valence-corrected chi connectivity index (χ3v) is 4.14. The van der Waals surface area contributed by atoms with Crippen LogP contribution in [0.5, 0.6) is 0 Å². The van der Waals surface area contributed by atoms with Crippen molar-refractivity contribution in [3.63, 3.8) is 0 Å². The van der Waals surface area contributed by atoms with Crippen molar-refractivity contribution in [1.29, 1.82) is 0 Å². The van der Waals surface area contributed by atoms with E-state index < -0.39 is 17.9 Å². The number of halogens is 2. The summed E-state index contributed by atoms with van der Waals surface area (Å²) in [5, 5.41) is 18.7. The van der Waals surface area contributed by atoms with Crippen LogP contribution >= 0.6 is 11.6 Å². The molecule has 1 atom stereocenters. The summed E-state index contributed by atoms with van der Waals surface area (Å²) in [6, 6.07) is 7.60. The molecule has 28 heavy (non-hydrogen) atoms. The number of methoxy groups -OCH3 is 1. The van der Waals surface area contributed by atoms with E-state index in [-0.39, 0.29) is 23.1 Å². The largest absolute Gasteiger partial charge is 0.464 e. The molecule has 2 N–H and O–H groups in total. The molecule has 1 heterocycles. The highest BCUT2D eigenvalue weighted by Crippen LogP contribution is 2.26. The minimum atomic E-state index is -0.867. The number of carbonyl (C=O) groups excluding carboxylic acids is 1. The zero-order chi connectivity index (χ0) is 20.7. The van der Waals surface area contributed by atoms with Crippen LogP contribution in [0.4, 0.5) is 4.39 Å². The highest BCUT2D eigenvalue weighted by Gasteiger charge is 2.18. The minimum absolute atomic E-state index is 0.0569. The van der Waals surface area contributed by atoms with Gasteiger partial charge in [0.25, 0.3) is 0 Å². The Morgan fingerprint density at radius 2 is 2.18 bits per heavy atom. The number of hydrogen-bond donors (Lipinski definition) is 2. The highest BCUT2D eigenvalue weighted by molar-refractivity contribution is 6.33. The first-order valence-electron chi connectivity index (χ1n) is 8.39. The lowest BCUT2D eigenvalue weighted by atomic mass is 10.1. The van der Waals surface area contributed by atoms with E-state index in [0.717, 1.165) is 6.07 Å². The number of nitrogens with zero attached hydrogens (tertiary/aromatic N) is 2. The van der Waals surface area contributed by atoms with Crippen LogP contribution in [0.15, 0.2) is 30.3 Å². The smallest absolute Gasteiger partial charge is 0.358 e. The van der Waals surface area contributed by atoms with Crippen LogP contribution in [0.2, 0.25) is 5.02 Å². The number of pyridine rings is 1. The van der Waals surface area contributed by atoms with Crippen molar-refractivity contribution in [2.24, 2.45) is 0 Å². The number of aromatic nitrogens is 1. The lowest BCUT2D eigenvalue weighted by molar-refractivity contribution is 0.0594. The topological polar surface area (TPSA) is 82.9 Å². The van der Waals surface area contributed by atoms with Gasteiger partial charge in [-0.1, -0.05) is 35.6 Å². The second kappa shape index (κ2) is 10.2. The third-order valence-electron chi connectivity index (χ3n) is 3.85. The molecule has 0 fully saturated rings. The predicted molar refractivity (Wildman–Crippen MR) is 103 cm³/mol. The van der Waals surface area contributed by atoms with Gasteiger partial charge in [0.1, 0.15) is 11.8 Å². The molecule has 0 aliphatic carbocycles. The van der Waals surface area contributed by atoms with E-state index >= 15 is 0 Å². The number of esters is 1. The van der Waals surface area contributed by atoms with Gasteiger partial charge in [-0.25, -0.2) is 14.2 Å². The molecule has 0 amide bonds. The zero-order valence-corrected chi connectivity index (χ0v) is 16.2. The maximum Gasteiger partial charge on any atom is 0.358 e. The molecule has 1 unspecified atom stereocenters. The van der Waals surface area contributed by atoms with Crippen molar-refractivity contribution in [3.05, 3.63) is 52.4 Å². The summed E-state index contributed by atoms with van der Waals surface area (Å²) in [6.45, 7) is 0.387. The van der Waals surface area contributed by atoms with E-state index in [1.165, 1.54) is 7.11 Å². The van der Waals surface area contributed by atoms with Crippen molar-refractivity contribution in [3.8, 4) is 23.1 Å². The Bertz CT molecular complexity index is 911. The van der Waals surface area contributed by atoms with Gasteiger partial charge in [0.15, 0.2) is 11.5 Å². The average Bonchev–Trinajstić information content (AvgIpc) is 2.70. The SMILES string of the molecule is COC(=O)c1nc(-c2cccc(C#CC(O)CCN(C)CO)c2)c(F)cc1Cl. The number of rotatable bonds is 6. The Hall–Kier alpha value is -2.50. The first-order chi connectivity index (χ1) is 13.3. The van der Waals surface area contributed by atoms with E-state index in [1.54, 1.807) is 36.2 Å². The zero-order valence-electron chi connectivity index (χ0n) is 15.4. The highest BCUT2D eigenvalue weighted by atomic mass is 35.5. The molecular formula is C20H20ClFN2O4. The van der Waals surface area contributed by atoms with Gasteiger partial charge in [0.05, 0.1) is 18.9 Å². The molecular weight excluding hydrogens is 387 g/mol. The third kappa shape index (κ3) is 5.75. The van der Waals surface area contributed by atoms with Gasteiger partial charge >= 0.3 is 5.97 Å². The van der Waals surface area contributed by atoms with E-state index in [1.807, 2.05) is 0 Å². The van der Waals surface area contributed by atoms with E-state index in [2.05, 4.69) is 21.6 Å². The maximum absolute atomic E-state index is 14.3. The fraction of sp³-hybridized carbons (Fsp3) is 0.300. The number of ether oxygens (including phenoxy) is 1. The van der Waals surface area contributed by atoms with Crippen LogP contribution in [0.1, 0.15) is 22.5 Å². The van der Waals surface area contributed by atoms with Crippen LogP contribution in [-0.2, 0) is 4.74 Å². The molecule has 0 bridgehead atoms. The second-order valence-corrected chi connectivity index (χ2v) is 6.42. The summed E-state index contributed by atoms with van der Waals surface area (Å²) in [7, 11) is 2.91. The lowest BCUT2D eigenvalue weighted by Crippen LogP contribution is -2.23. The standard InChI is InChI=1S/C20H20ClFN2O4/c1-24(12-25)9-8-15(26)7-6-13-4-3-5-14(10-13)18-17(22)11-16(21)19(23-18)20(27)28-2/h3-5,10-11,15,25-26H,8-9,12H2,1-2H3. The van der Waals surface area contributed by atoms with Gasteiger partial charge in [-0.05, 0) is 31.7 Å². The Morgan fingerprint density at radius 1 is 1.43 bits per heavy atom. The molecule has 2 rings (SSSR count). The van der Waals surface area contributed by atoms with E-state index in [0.29, 0.717) is 24.1 Å². The van der Waals surface area contributed by atoms with Gasteiger partial charge in [-0.3, -0.25) is 4.90 Å². The minimum Gasteiger partial charge on any atom is -0.464 e. The number of aliphatic hydroxyl groups excluding tert-OH is 2. The molecule has 0 radical (unpaired) electrons. The first kappa shape index (κ1) is 21.8. The Balaban J connectivity index is 2.27. The summed E-state index contributed by atoms with van der Waals surface area (Å²) in [6.07, 6.45) is -0.492. The fourth-order valence-electron chi connectivity index (χ4n) is 2.31. The molecule has 6 nitrogen and oxygen atoms in total. The molecule has 1 aromatic heterocycles. The number of aliphatic hydroxyl groups is 2. The van der Waals surface area contributed by atoms with Crippen molar-refractivity contribution in [2.45, 2.75) is 12.5 Å². The Labute approximate surface area is 167 Å². The van der Waals surface area contributed by atoms with Crippen molar-refractivity contribution in [2.75, 3.05) is 27.4 Å². The van der Waals surface area contributed by atoms with Crippen LogP contribution in [0, 0.1) is 17.7 Å². The molecule has 148 valence electrons. The quantitative estimate of drug-likeness (QED) is 0.435. The summed E-state index contributed by atoms with van der Waals surface area (Å²) < 4.78 is 18.9. The Morgan fingerprint density at radius 3 is 2.86 bits per heavy atom. The van der Waals surface area contributed by atoms with E-state index in [9.17, 15) is 14.3 Å². The molecule has 0 aliphatic heterocycles. The monoisotopic (exact) mass is 406 g/mol. The number of hydrogen-bond acceptors (Lipinski definition) is 6. The summed E-state index contributed by atoms with van der Waals surface area (Å²) >= 11 is 5.87. The lowest BCUT2D eigenvalue weighted by Gasteiger charge is -2.13. The fourth-order valence-corrected chi connectivity index (χ4v) is 2.52. The van der Waals surface area contributed by atoms with Crippen molar-refractivity contribution < 1.29 is 24.1 Å². The van der Waals surface area contributed by atoms with Gasteiger partial charge in [-0.15, -0.1) is 0 Å². The second-order valence-electron chi connectivity index (χ2n) is 6.02. The van der Waals surface area contributed by atoms with Gasteiger partial charge in [0.2, 0.25) is 0 Å². The molecule has 0 saturated heterocycles. The molecule has 0 aliphatic rings. The first-order valence-corrected chi connectivity index (χ1v) is 8.77. The number of benzene rings is 1. The molecule has 8 heteroatoms. The molecule has 2 aromatic rings. The summed E-state index contributed by atoms with van der Waals surface area (Å²) in [5.74, 6) is 4.08.